The van der Waals surface area contributed by atoms with Gasteiger partial charge in [-0.3, -0.25) is 5.43 Å². The number of nitrogens with one attached hydrogen (secondary N) is 1. The fraction of sp³-hybridized carbons (Fsp3) is 0. The second-order valence-corrected chi connectivity index (χ2v) is 8.55. The Balaban J connectivity index is 2.61. The van der Waals surface area contributed by atoms with Crippen LogP contribution < -0.4 is 11.2 Å². The average molecular weight is 371 g/mol. The molecular formula is C13H13N3O4S3. The van der Waals surface area contributed by atoms with Gasteiger partial charge in [-0.25, -0.2) is 16.8 Å². The molecule has 2 rings (SSSR count). The van der Waals surface area contributed by atoms with Crippen LogP contribution in [0.3, 0.4) is 0 Å². The van der Waals surface area contributed by atoms with Crippen molar-refractivity contribution in [2.24, 2.45) is 5.73 Å². The third kappa shape index (κ3) is 3.67. The minimum absolute atomic E-state index is 0.0764. The van der Waals surface area contributed by atoms with Crippen molar-refractivity contribution >= 4 is 37.4 Å². The molecule has 0 unspecified atom stereocenters. The zero-order valence-corrected chi connectivity index (χ0v) is 14.1. The highest BCUT2D eigenvalue weighted by molar-refractivity contribution is 8.04. The molecule has 0 aliphatic rings. The molecule has 122 valence electrons. The van der Waals surface area contributed by atoms with Crippen LogP contribution in [0.25, 0.3) is 0 Å². The minimum Gasteiger partial charge on any atom is -0.375 e. The quantitative estimate of drug-likeness (QED) is 0.591. The van der Waals surface area contributed by atoms with Gasteiger partial charge in [0.15, 0.2) is 5.11 Å². The first kappa shape index (κ1) is 17.3. The van der Waals surface area contributed by atoms with E-state index in [0.29, 0.717) is 0 Å². The molecule has 23 heavy (non-hydrogen) atoms. The van der Waals surface area contributed by atoms with E-state index < -0.39 is 25.2 Å². The monoisotopic (exact) mass is 371 g/mol. The van der Waals surface area contributed by atoms with E-state index in [1.165, 1.54) is 48.5 Å². The third-order valence-electron chi connectivity index (χ3n) is 2.72. The van der Waals surface area contributed by atoms with Crippen molar-refractivity contribution in [2.45, 2.75) is 9.79 Å². The number of thiocarbonyl (C=S) groups is 1. The number of nitrogens with zero attached hydrogens (tertiary/aromatic N) is 1. The van der Waals surface area contributed by atoms with Gasteiger partial charge in [0, 0.05) is 3.82 Å². The molecule has 0 aliphatic heterocycles. The molecule has 2 aromatic rings. The highest BCUT2D eigenvalue weighted by Crippen LogP contribution is 2.22. The first-order valence-corrected chi connectivity index (χ1v) is 9.52. The molecule has 0 fully saturated rings. The highest BCUT2D eigenvalue weighted by Gasteiger charge is 2.37. The summed E-state index contributed by atoms with van der Waals surface area (Å²) < 4.78 is 50.7. The van der Waals surface area contributed by atoms with Crippen molar-refractivity contribution in [3.63, 3.8) is 0 Å². The summed E-state index contributed by atoms with van der Waals surface area (Å²) in [5, 5.41) is -0.496. The third-order valence-corrected chi connectivity index (χ3v) is 6.78. The van der Waals surface area contributed by atoms with Crippen LogP contribution in [0, 0.1) is 0 Å². The number of rotatable bonds is 5. The van der Waals surface area contributed by atoms with Gasteiger partial charge < -0.3 is 5.73 Å². The molecule has 0 spiro atoms. The van der Waals surface area contributed by atoms with Gasteiger partial charge in [0.2, 0.25) is 0 Å². The summed E-state index contributed by atoms with van der Waals surface area (Å²) in [5.41, 5.74) is 7.32. The molecule has 0 saturated carbocycles. The zero-order chi connectivity index (χ0) is 17.1. The van der Waals surface area contributed by atoms with E-state index in [1.807, 2.05) is 5.43 Å². The summed E-state index contributed by atoms with van der Waals surface area (Å²) in [4.78, 5) is -0.438. The summed E-state index contributed by atoms with van der Waals surface area (Å²) in [6, 6.07) is 14.2. The fourth-order valence-corrected chi connectivity index (χ4v) is 5.29. The summed E-state index contributed by atoms with van der Waals surface area (Å²) in [7, 11) is -8.87. The fourth-order valence-electron chi connectivity index (χ4n) is 1.72. The van der Waals surface area contributed by atoms with Gasteiger partial charge in [-0.2, -0.15) is 0 Å². The summed E-state index contributed by atoms with van der Waals surface area (Å²) >= 11 is 4.61. The SMILES string of the molecule is NC(=S)NN(S(=O)(=O)c1ccccc1)S(=O)(=O)c1ccccc1. The largest absolute Gasteiger partial charge is 0.375 e. The van der Waals surface area contributed by atoms with E-state index in [9.17, 15) is 16.8 Å². The minimum atomic E-state index is -4.44. The van der Waals surface area contributed by atoms with Gasteiger partial charge in [-0.05, 0) is 36.5 Å². The lowest BCUT2D eigenvalue weighted by atomic mass is 10.4. The van der Waals surface area contributed by atoms with E-state index in [2.05, 4.69) is 12.2 Å². The lowest BCUT2D eigenvalue weighted by Gasteiger charge is -2.22. The van der Waals surface area contributed by atoms with Crippen LogP contribution in [-0.4, -0.2) is 25.8 Å². The summed E-state index contributed by atoms with van der Waals surface area (Å²) in [6.45, 7) is 0. The molecule has 3 N–H and O–H groups in total. The van der Waals surface area contributed by atoms with Crippen molar-refractivity contribution in [3.05, 3.63) is 60.7 Å². The molecule has 0 saturated heterocycles. The lowest BCUT2D eigenvalue weighted by Crippen LogP contribution is -2.51. The zero-order valence-electron chi connectivity index (χ0n) is 11.7. The first-order valence-electron chi connectivity index (χ1n) is 6.23. The van der Waals surface area contributed by atoms with Crippen LogP contribution in [0.1, 0.15) is 0 Å². The molecule has 0 atom stereocenters. The van der Waals surface area contributed by atoms with Crippen molar-refractivity contribution in [1.82, 2.24) is 9.25 Å². The molecular weight excluding hydrogens is 358 g/mol. The Bertz CT molecular complexity index is 828. The average Bonchev–Trinajstić information content (AvgIpc) is 2.54. The van der Waals surface area contributed by atoms with Gasteiger partial charge in [0.05, 0.1) is 9.79 Å². The molecule has 0 aromatic heterocycles. The summed E-state index contributed by atoms with van der Waals surface area (Å²) in [6.07, 6.45) is 0. The topological polar surface area (TPSA) is 110 Å². The Morgan fingerprint density at radius 1 is 0.826 bits per heavy atom. The van der Waals surface area contributed by atoms with Gasteiger partial charge in [0.1, 0.15) is 0 Å². The maximum atomic E-state index is 12.7. The second-order valence-electron chi connectivity index (χ2n) is 4.31. The van der Waals surface area contributed by atoms with E-state index >= 15 is 0 Å². The number of benzene rings is 2. The Kier molecular flexibility index (Phi) is 5.00. The van der Waals surface area contributed by atoms with Gasteiger partial charge in [0.25, 0.3) is 20.0 Å². The van der Waals surface area contributed by atoms with Crippen molar-refractivity contribution in [1.29, 1.82) is 0 Å². The molecule has 0 amide bonds. The van der Waals surface area contributed by atoms with Crippen LogP contribution in [0.4, 0.5) is 0 Å². The van der Waals surface area contributed by atoms with Crippen molar-refractivity contribution in [3.8, 4) is 0 Å². The lowest BCUT2D eigenvalue weighted by molar-refractivity contribution is 0.478. The van der Waals surface area contributed by atoms with Gasteiger partial charge in [-0.1, -0.05) is 36.4 Å². The number of sulfonamides is 2. The Morgan fingerprint density at radius 3 is 1.48 bits per heavy atom. The van der Waals surface area contributed by atoms with Gasteiger partial charge >= 0.3 is 0 Å². The van der Waals surface area contributed by atoms with Gasteiger partial charge in [-0.15, -0.1) is 0 Å². The second kappa shape index (κ2) is 6.62. The smallest absolute Gasteiger partial charge is 0.274 e. The van der Waals surface area contributed by atoms with Crippen LogP contribution >= 0.6 is 12.2 Å². The number of hydrazine groups is 1. The molecule has 7 nitrogen and oxygen atoms in total. The number of hydrogen-bond donors (Lipinski definition) is 2. The Hall–Kier alpha value is -2.01. The molecule has 0 radical (unpaired) electrons. The van der Waals surface area contributed by atoms with Crippen LogP contribution in [0.2, 0.25) is 0 Å². The van der Waals surface area contributed by atoms with E-state index in [-0.39, 0.29) is 13.6 Å². The van der Waals surface area contributed by atoms with Crippen LogP contribution in [0.15, 0.2) is 70.5 Å². The van der Waals surface area contributed by atoms with Crippen molar-refractivity contribution < 1.29 is 16.8 Å². The predicted octanol–water partition coefficient (Wildman–Crippen LogP) is 0.814. The Morgan fingerprint density at radius 2 is 1.17 bits per heavy atom. The van der Waals surface area contributed by atoms with Crippen LogP contribution in [-0.2, 0) is 20.0 Å². The molecule has 0 bridgehead atoms. The van der Waals surface area contributed by atoms with Crippen LogP contribution in [0.5, 0.6) is 0 Å². The normalized spacial score (nSPS) is 12.0. The summed E-state index contributed by atoms with van der Waals surface area (Å²) in [5.74, 6) is 0. The molecule has 10 heteroatoms. The molecule has 2 aromatic carbocycles. The van der Waals surface area contributed by atoms with E-state index in [1.54, 1.807) is 12.1 Å². The highest BCUT2D eigenvalue weighted by atomic mass is 32.3. The predicted molar refractivity (Wildman–Crippen MR) is 89.0 cm³/mol. The maximum absolute atomic E-state index is 12.7. The molecule has 0 aliphatic carbocycles. The standard InChI is InChI=1S/C13H13N3O4S3/c14-13(21)15-16(22(17,18)11-7-3-1-4-8-11)23(19,20)12-9-5-2-6-10-12/h1-10H,(H3,14,15,21). The first-order chi connectivity index (χ1) is 10.8. The Labute approximate surface area is 139 Å². The van der Waals surface area contributed by atoms with Crippen molar-refractivity contribution in [2.75, 3.05) is 0 Å². The molecule has 0 heterocycles. The maximum Gasteiger partial charge on any atom is 0.274 e. The van der Waals surface area contributed by atoms with E-state index in [4.69, 9.17) is 5.73 Å². The van der Waals surface area contributed by atoms with E-state index in [0.717, 1.165) is 0 Å². The number of nitrogens with two attached hydrogens (primary N) is 1. The number of hydrogen-bond acceptors (Lipinski definition) is 5.